The van der Waals surface area contributed by atoms with E-state index in [1.807, 2.05) is 24.3 Å². The number of benzene rings is 2. The Labute approximate surface area is 164 Å². The van der Waals surface area contributed by atoms with Gasteiger partial charge in [-0.2, -0.15) is 4.98 Å². The maximum Gasteiger partial charge on any atom is 0.223 e. The first-order chi connectivity index (χ1) is 12.9. The summed E-state index contributed by atoms with van der Waals surface area (Å²) in [5.74, 6) is 2.01. The third-order valence-corrected chi connectivity index (χ3v) is 5.19. The first kappa shape index (κ1) is 19.4. The molecule has 27 heavy (non-hydrogen) atoms. The van der Waals surface area contributed by atoms with Crippen molar-refractivity contribution >= 4 is 11.8 Å². The lowest BCUT2D eigenvalue weighted by Gasteiger charge is -2.12. The van der Waals surface area contributed by atoms with Crippen LogP contribution in [0.2, 0.25) is 0 Å². The van der Waals surface area contributed by atoms with Crippen LogP contribution in [0.25, 0.3) is 0 Å². The van der Waals surface area contributed by atoms with Gasteiger partial charge in [-0.3, -0.25) is 0 Å². The Morgan fingerprint density at radius 2 is 1.70 bits per heavy atom. The minimum Gasteiger partial charge on any atom is -0.439 e. The normalized spacial score (nSPS) is 11.0. The van der Waals surface area contributed by atoms with Crippen molar-refractivity contribution in [1.29, 1.82) is 0 Å². The lowest BCUT2D eigenvalue weighted by atomic mass is 10.1. The molecule has 3 rings (SSSR count). The molecule has 0 saturated carbocycles. The molecular formula is C22H23FN2OS. The summed E-state index contributed by atoms with van der Waals surface area (Å²) in [5.41, 5.74) is 4.36. The van der Waals surface area contributed by atoms with E-state index in [9.17, 15) is 4.39 Å². The number of nitrogens with zero attached hydrogens (tertiary/aromatic N) is 2. The van der Waals surface area contributed by atoms with Crippen molar-refractivity contribution < 1.29 is 9.13 Å². The molecule has 2 aromatic carbocycles. The van der Waals surface area contributed by atoms with Crippen LogP contribution in [-0.4, -0.2) is 9.97 Å². The van der Waals surface area contributed by atoms with Gasteiger partial charge in [0.2, 0.25) is 5.88 Å². The summed E-state index contributed by atoms with van der Waals surface area (Å²) in [6.45, 7) is 8.32. The van der Waals surface area contributed by atoms with Crippen molar-refractivity contribution in [3.8, 4) is 11.6 Å². The quantitative estimate of drug-likeness (QED) is 0.363. The first-order valence-electron chi connectivity index (χ1n) is 8.92. The van der Waals surface area contributed by atoms with E-state index in [0.717, 1.165) is 17.0 Å². The molecule has 3 nitrogen and oxygen atoms in total. The van der Waals surface area contributed by atoms with Crippen LogP contribution >= 0.6 is 11.8 Å². The highest BCUT2D eigenvalue weighted by Gasteiger charge is 2.11. The predicted molar refractivity (Wildman–Crippen MR) is 108 cm³/mol. The number of halogens is 1. The summed E-state index contributed by atoms with van der Waals surface area (Å²) < 4.78 is 19.1. The van der Waals surface area contributed by atoms with E-state index in [1.54, 1.807) is 12.1 Å². The van der Waals surface area contributed by atoms with Gasteiger partial charge < -0.3 is 4.74 Å². The number of thioether (sulfide) groups is 1. The molecule has 0 saturated heterocycles. The molecule has 5 heteroatoms. The fraction of sp³-hybridized carbons (Fsp3) is 0.273. The standard InChI is InChI=1S/C22H23FN2OS/c1-14(2)20-12-21(26-19-10-5-15(3)16(4)11-19)25-22(24-20)27-13-17-6-8-18(23)9-7-17/h5-12,14H,13H2,1-4H3. The van der Waals surface area contributed by atoms with Crippen LogP contribution in [0.1, 0.15) is 42.1 Å². The van der Waals surface area contributed by atoms with Gasteiger partial charge in [0.05, 0.1) is 5.69 Å². The van der Waals surface area contributed by atoms with Gasteiger partial charge in [0, 0.05) is 11.8 Å². The molecule has 0 bridgehead atoms. The zero-order chi connectivity index (χ0) is 19.4. The summed E-state index contributed by atoms with van der Waals surface area (Å²) in [6.07, 6.45) is 0. The molecule has 3 aromatic rings. The highest BCUT2D eigenvalue weighted by Crippen LogP contribution is 2.28. The molecule has 0 aliphatic heterocycles. The summed E-state index contributed by atoms with van der Waals surface area (Å²) in [4.78, 5) is 9.19. The third-order valence-electron chi connectivity index (χ3n) is 4.28. The molecule has 0 aliphatic carbocycles. The van der Waals surface area contributed by atoms with E-state index in [4.69, 9.17) is 4.74 Å². The highest BCUT2D eigenvalue weighted by atomic mass is 32.2. The second kappa shape index (κ2) is 8.53. The van der Waals surface area contributed by atoms with Crippen LogP contribution in [0.4, 0.5) is 4.39 Å². The summed E-state index contributed by atoms with van der Waals surface area (Å²) in [5, 5.41) is 0.657. The molecule has 0 unspecified atom stereocenters. The van der Waals surface area contributed by atoms with Gasteiger partial charge in [-0.05, 0) is 60.7 Å². The van der Waals surface area contributed by atoms with Crippen molar-refractivity contribution in [2.75, 3.05) is 0 Å². The minimum absolute atomic E-state index is 0.231. The van der Waals surface area contributed by atoms with Crippen molar-refractivity contribution in [2.45, 2.75) is 44.5 Å². The minimum atomic E-state index is -0.231. The summed E-state index contributed by atoms with van der Waals surface area (Å²) >= 11 is 1.52. The summed E-state index contributed by atoms with van der Waals surface area (Å²) in [6, 6.07) is 14.4. The molecule has 0 spiro atoms. The van der Waals surface area contributed by atoms with Gasteiger partial charge in [-0.15, -0.1) is 0 Å². The number of ether oxygens (including phenoxy) is 1. The van der Waals surface area contributed by atoms with E-state index in [1.165, 1.54) is 35.0 Å². The Balaban J connectivity index is 1.81. The molecule has 0 N–H and O–H groups in total. The van der Waals surface area contributed by atoms with Gasteiger partial charge in [0.25, 0.3) is 0 Å². The average molecular weight is 383 g/mol. The Bertz CT molecular complexity index is 926. The monoisotopic (exact) mass is 382 g/mol. The van der Waals surface area contributed by atoms with E-state index < -0.39 is 0 Å². The fourth-order valence-corrected chi connectivity index (χ4v) is 3.27. The van der Waals surface area contributed by atoms with Crippen molar-refractivity contribution in [1.82, 2.24) is 9.97 Å². The number of hydrogen-bond acceptors (Lipinski definition) is 4. The fourth-order valence-electron chi connectivity index (χ4n) is 2.46. The highest BCUT2D eigenvalue weighted by molar-refractivity contribution is 7.98. The number of hydrogen-bond donors (Lipinski definition) is 0. The number of rotatable bonds is 6. The second-order valence-corrected chi connectivity index (χ2v) is 7.77. The molecule has 0 radical (unpaired) electrons. The van der Waals surface area contributed by atoms with Gasteiger partial charge in [0.1, 0.15) is 11.6 Å². The lowest BCUT2D eigenvalue weighted by molar-refractivity contribution is 0.452. The Morgan fingerprint density at radius 3 is 2.37 bits per heavy atom. The molecule has 0 fully saturated rings. The van der Waals surface area contributed by atoms with Crippen LogP contribution in [0.15, 0.2) is 53.7 Å². The van der Waals surface area contributed by atoms with E-state index in [2.05, 4.69) is 37.7 Å². The van der Waals surface area contributed by atoms with Gasteiger partial charge in [-0.1, -0.05) is 43.8 Å². The Morgan fingerprint density at radius 1 is 0.963 bits per heavy atom. The molecule has 0 aliphatic rings. The first-order valence-corrected chi connectivity index (χ1v) is 9.90. The Hall–Kier alpha value is -2.40. The molecule has 1 heterocycles. The van der Waals surface area contributed by atoms with Crippen molar-refractivity contribution in [3.63, 3.8) is 0 Å². The van der Waals surface area contributed by atoms with Crippen LogP contribution in [-0.2, 0) is 5.75 Å². The maximum absolute atomic E-state index is 13.1. The number of aryl methyl sites for hydroxylation is 2. The molecule has 0 amide bonds. The number of aromatic nitrogens is 2. The lowest BCUT2D eigenvalue weighted by Crippen LogP contribution is -2.00. The largest absolute Gasteiger partial charge is 0.439 e. The zero-order valence-corrected chi connectivity index (χ0v) is 16.8. The maximum atomic E-state index is 13.1. The van der Waals surface area contributed by atoms with Gasteiger partial charge >= 0.3 is 0 Å². The molecule has 140 valence electrons. The summed E-state index contributed by atoms with van der Waals surface area (Å²) in [7, 11) is 0. The van der Waals surface area contributed by atoms with Crippen molar-refractivity contribution in [2.24, 2.45) is 0 Å². The predicted octanol–water partition coefficient (Wildman–Crippen LogP) is 6.44. The van der Waals surface area contributed by atoms with E-state index in [-0.39, 0.29) is 11.7 Å². The smallest absolute Gasteiger partial charge is 0.223 e. The van der Waals surface area contributed by atoms with Gasteiger partial charge in [0.15, 0.2) is 5.16 Å². The Kier molecular flexibility index (Phi) is 6.11. The molecule has 0 atom stereocenters. The van der Waals surface area contributed by atoms with Crippen LogP contribution in [0.5, 0.6) is 11.6 Å². The second-order valence-electron chi connectivity index (χ2n) is 6.83. The van der Waals surface area contributed by atoms with Crippen LogP contribution in [0, 0.1) is 19.7 Å². The molecule has 1 aromatic heterocycles. The average Bonchev–Trinajstić information content (AvgIpc) is 2.64. The molecular weight excluding hydrogens is 359 g/mol. The SMILES string of the molecule is Cc1ccc(Oc2cc(C(C)C)nc(SCc3ccc(F)cc3)n2)cc1C. The topological polar surface area (TPSA) is 35.0 Å². The third kappa shape index (κ3) is 5.30. The van der Waals surface area contributed by atoms with Gasteiger partial charge in [-0.25, -0.2) is 9.37 Å². The van der Waals surface area contributed by atoms with Crippen LogP contribution < -0.4 is 4.74 Å². The van der Waals surface area contributed by atoms with Crippen LogP contribution in [0.3, 0.4) is 0 Å². The van der Waals surface area contributed by atoms with Crippen molar-refractivity contribution in [3.05, 3.63) is 76.7 Å². The zero-order valence-electron chi connectivity index (χ0n) is 16.0. The van der Waals surface area contributed by atoms with E-state index in [0.29, 0.717) is 16.8 Å². The van der Waals surface area contributed by atoms with E-state index >= 15 is 0 Å².